The summed E-state index contributed by atoms with van der Waals surface area (Å²) >= 11 is 0. The molecule has 0 unspecified atom stereocenters. The van der Waals surface area contributed by atoms with Gasteiger partial charge in [0.1, 0.15) is 11.9 Å². The van der Waals surface area contributed by atoms with E-state index in [0.29, 0.717) is 0 Å². The number of halogens is 1. The average molecular weight is 203 g/mol. The molecule has 0 aliphatic heterocycles. The van der Waals surface area contributed by atoms with Crippen molar-refractivity contribution in [3.63, 3.8) is 0 Å². The zero-order valence-corrected chi connectivity index (χ0v) is 8.54. The Balaban J connectivity index is 3.09. The van der Waals surface area contributed by atoms with E-state index in [-0.39, 0.29) is 16.9 Å². The second-order valence-electron chi connectivity index (χ2n) is 3.39. The Hall–Kier alpha value is -1.95. The molecular weight excluding hydrogens is 193 g/mol. The monoisotopic (exact) mass is 203 g/mol. The first-order chi connectivity index (χ1) is 7.04. The fourth-order valence-electron chi connectivity index (χ4n) is 1.10. The van der Waals surface area contributed by atoms with Crippen LogP contribution in [0.3, 0.4) is 0 Å². The number of carbonyl (C=O) groups excluding carboxylic acids is 1. The lowest BCUT2D eigenvalue weighted by Gasteiger charge is -1.98. The molecule has 1 aromatic rings. The van der Waals surface area contributed by atoms with Gasteiger partial charge in [0.15, 0.2) is 5.78 Å². The quantitative estimate of drug-likeness (QED) is 0.547. The fourth-order valence-corrected chi connectivity index (χ4v) is 1.10. The van der Waals surface area contributed by atoms with Crippen molar-refractivity contribution in [2.75, 3.05) is 0 Å². The van der Waals surface area contributed by atoms with E-state index < -0.39 is 5.82 Å². The summed E-state index contributed by atoms with van der Waals surface area (Å²) in [6.07, 6.45) is 1.43. The average Bonchev–Trinajstić information content (AvgIpc) is 2.16. The Labute approximate surface area is 87.7 Å². The summed E-state index contributed by atoms with van der Waals surface area (Å²) in [5.74, 6) is -0.913. The van der Waals surface area contributed by atoms with Crippen molar-refractivity contribution in [2.24, 2.45) is 0 Å². The van der Waals surface area contributed by atoms with Crippen LogP contribution in [-0.4, -0.2) is 5.78 Å². The molecule has 0 spiro atoms. The lowest BCUT2D eigenvalue weighted by atomic mass is 10.1. The molecule has 2 nitrogen and oxygen atoms in total. The molecule has 0 amide bonds. The molecule has 0 aromatic heterocycles. The standard InChI is InChI=1S/C12H10FNO/c1-8(2)5-12(15)9-3-4-10(7-14)11(13)6-9/h3-6H,1-2H3. The molecule has 15 heavy (non-hydrogen) atoms. The fraction of sp³-hybridized carbons (Fsp3) is 0.167. The lowest BCUT2D eigenvalue weighted by Crippen LogP contribution is -1.97. The van der Waals surface area contributed by atoms with Crippen LogP contribution in [0.4, 0.5) is 4.39 Å². The number of benzene rings is 1. The van der Waals surface area contributed by atoms with Crippen LogP contribution in [0.2, 0.25) is 0 Å². The number of nitrogens with zero attached hydrogens (tertiary/aromatic N) is 1. The minimum atomic E-state index is -0.662. The number of rotatable bonds is 2. The molecule has 0 N–H and O–H groups in total. The Bertz CT molecular complexity index is 465. The number of hydrogen-bond donors (Lipinski definition) is 0. The van der Waals surface area contributed by atoms with Gasteiger partial charge < -0.3 is 0 Å². The van der Waals surface area contributed by atoms with Crippen LogP contribution in [-0.2, 0) is 0 Å². The first-order valence-electron chi connectivity index (χ1n) is 4.43. The summed E-state index contributed by atoms with van der Waals surface area (Å²) < 4.78 is 13.2. The normalized spacial score (nSPS) is 9.20. The lowest BCUT2D eigenvalue weighted by molar-refractivity contribution is 0.104. The topological polar surface area (TPSA) is 40.9 Å². The van der Waals surface area contributed by atoms with Gasteiger partial charge in [0.05, 0.1) is 5.56 Å². The van der Waals surface area contributed by atoms with E-state index in [1.54, 1.807) is 19.9 Å². The summed E-state index contributed by atoms with van der Waals surface area (Å²) in [6.45, 7) is 3.58. The highest BCUT2D eigenvalue weighted by Gasteiger charge is 2.07. The van der Waals surface area contributed by atoms with Crippen molar-refractivity contribution in [1.82, 2.24) is 0 Å². The maximum absolute atomic E-state index is 13.2. The van der Waals surface area contributed by atoms with Gasteiger partial charge in [0.25, 0.3) is 0 Å². The van der Waals surface area contributed by atoms with Crippen LogP contribution >= 0.6 is 0 Å². The van der Waals surface area contributed by atoms with Crippen molar-refractivity contribution in [1.29, 1.82) is 5.26 Å². The highest BCUT2D eigenvalue weighted by molar-refractivity contribution is 6.04. The van der Waals surface area contributed by atoms with Crippen molar-refractivity contribution in [3.8, 4) is 6.07 Å². The maximum Gasteiger partial charge on any atom is 0.185 e. The summed E-state index contributed by atoms with van der Waals surface area (Å²) in [4.78, 5) is 11.5. The van der Waals surface area contributed by atoms with E-state index >= 15 is 0 Å². The molecule has 0 atom stereocenters. The molecule has 3 heteroatoms. The predicted molar refractivity (Wildman–Crippen MR) is 54.9 cm³/mol. The maximum atomic E-state index is 13.2. The van der Waals surface area contributed by atoms with E-state index in [4.69, 9.17) is 5.26 Å². The molecule has 0 heterocycles. The van der Waals surface area contributed by atoms with Gasteiger partial charge >= 0.3 is 0 Å². The molecule has 0 radical (unpaired) electrons. The smallest absolute Gasteiger partial charge is 0.185 e. The second kappa shape index (κ2) is 4.52. The van der Waals surface area contributed by atoms with Crippen LogP contribution in [0.1, 0.15) is 29.8 Å². The molecule has 0 aliphatic rings. The highest BCUT2D eigenvalue weighted by Crippen LogP contribution is 2.11. The number of carbonyl (C=O) groups is 1. The Morgan fingerprint density at radius 1 is 1.47 bits per heavy atom. The minimum absolute atomic E-state index is 0.0521. The zero-order chi connectivity index (χ0) is 11.4. The molecule has 0 saturated carbocycles. The van der Waals surface area contributed by atoms with Crippen molar-refractivity contribution in [2.45, 2.75) is 13.8 Å². The first kappa shape index (κ1) is 11.1. The Kier molecular flexibility index (Phi) is 3.35. The second-order valence-corrected chi connectivity index (χ2v) is 3.39. The van der Waals surface area contributed by atoms with Crippen molar-refractivity contribution < 1.29 is 9.18 Å². The molecule has 0 saturated heterocycles. The summed E-state index contributed by atoms with van der Waals surface area (Å²) in [5, 5.41) is 8.51. The Morgan fingerprint density at radius 2 is 2.13 bits per heavy atom. The summed E-state index contributed by atoms with van der Waals surface area (Å²) in [7, 11) is 0. The molecule has 1 rings (SSSR count). The van der Waals surface area contributed by atoms with Gasteiger partial charge in [-0.05, 0) is 38.1 Å². The van der Waals surface area contributed by atoms with Gasteiger partial charge in [-0.1, -0.05) is 5.57 Å². The predicted octanol–water partition coefficient (Wildman–Crippen LogP) is 2.85. The largest absolute Gasteiger partial charge is 0.289 e. The van der Waals surface area contributed by atoms with E-state index in [1.807, 2.05) is 0 Å². The molecule has 1 aromatic carbocycles. The molecule has 0 fully saturated rings. The third kappa shape index (κ3) is 2.75. The molecular formula is C12H10FNO. The van der Waals surface area contributed by atoms with Crippen LogP contribution in [0.25, 0.3) is 0 Å². The van der Waals surface area contributed by atoms with Crippen molar-refractivity contribution >= 4 is 5.78 Å². The molecule has 76 valence electrons. The van der Waals surface area contributed by atoms with Gasteiger partial charge in [-0.25, -0.2) is 4.39 Å². The van der Waals surface area contributed by atoms with Crippen LogP contribution in [0.5, 0.6) is 0 Å². The highest BCUT2D eigenvalue weighted by atomic mass is 19.1. The zero-order valence-electron chi connectivity index (χ0n) is 8.54. The van der Waals surface area contributed by atoms with E-state index in [0.717, 1.165) is 11.6 Å². The Morgan fingerprint density at radius 3 is 2.60 bits per heavy atom. The number of ketones is 1. The van der Waals surface area contributed by atoms with E-state index in [9.17, 15) is 9.18 Å². The third-order valence-corrected chi connectivity index (χ3v) is 1.79. The van der Waals surface area contributed by atoms with Gasteiger partial charge in [0.2, 0.25) is 0 Å². The van der Waals surface area contributed by atoms with E-state index in [1.165, 1.54) is 18.2 Å². The SMILES string of the molecule is CC(C)=CC(=O)c1ccc(C#N)c(F)c1. The number of nitriles is 1. The molecule has 0 aliphatic carbocycles. The van der Waals surface area contributed by atoms with Gasteiger partial charge in [-0.15, -0.1) is 0 Å². The summed E-state index contributed by atoms with van der Waals surface area (Å²) in [5.41, 5.74) is 1.06. The minimum Gasteiger partial charge on any atom is -0.289 e. The van der Waals surface area contributed by atoms with Gasteiger partial charge in [-0.2, -0.15) is 5.26 Å². The first-order valence-corrected chi connectivity index (χ1v) is 4.43. The molecule has 0 bridgehead atoms. The summed E-state index contributed by atoms with van der Waals surface area (Å²) in [6, 6.07) is 5.54. The number of allylic oxidation sites excluding steroid dienone is 2. The van der Waals surface area contributed by atoms with Gasteiger partial charge in [-0.3, -0.25) is 4.79 Å². The number of hydrogen-bond acceptors (Lipinski definition) is 2. The van der Waals surface area contributed by atoms with Crippen LogP contribution in [0.15, 0.2) is 29.8 Å². The van der Waals surface area contributed by atoms with Crippen molar-refractivity contribution in [3.05, 3.63) is 46.8 Å². The van der Waals surface area contributed by atoms with Crippen LogP contribution < -0.4 is 0 Å². The third-order valence-electron chi connectivity index (χ3n) is 1.79. The van der Waals surface area contributed by atoms with Gasteiger partial charge in [0, 0.05) is 5.56 Å². The van der Waals surface area contributed by atoms with Crippen LogP contribution in [0, 0.1) is 17.1 Å². The van der Waals surface area contributed by atoms with E-state index in [2.05, 4.69) is 0 Å².